The van der Waals surface area contributed by atoms with Gasteiger partial charge in [0.1, 0.15) is 11.3 Å². The number of hydrogen-bond acceptors (Lipinski definition) is 6. The van der Waals surface area contributed by atoms with Gasteiger partial charge in [0.25, 0.3) is 0 Å². The third-order valence-electron chi connectivity index (χ3n) is 4.77. The van der Waals surface area contributed by atoms with Crippen molar-refractivity contribution in [3.63, 3.8) is 0 Å². The van der Waals surface area contributed by atoms with Crippen LogP contribution in [-0.4, -0.2) is 19.0 Å². The van der Waals surface area contributed by atoms with Crippen molar-refractivity contribution in [1.29, 1.82) is 0 Å². The van der Waals surface area contributed by atoms with Gasteiger partial charge in [0.2, 0.25) is 5.91 Å². The number of methoxy groups -OCH3 is 1. The van der Waals surface area contributed by atoms with E-state index in [-0.39, 0.29) is 12.8 Å². The summed E-state index contributed by atoms with van der Waals surface area (Å²) in [5.74, 6) is -1.34. The van der Waals surface area contributed by atoms with Crippen LogP contribution in [0.5, 0.6) is 5.75 Å². The van der Waals surface area contributed by atoms with Gasteiger partial charge in [-0.1, -0.05) is 30.3 Å². The molecule has 0 aliphatic heterocycles. The molecule has 0 radical (unpaired) electrons. The molecule has 150 valence electrons. The minimum Gasteiger partial charge on any atom is -0.548 e. The number of carboxylic acid groups (broad SMARTS) is 1. The summed E-state index contributed by atoms with van der Waals surface area (Å²) in [5, 5.41) is 14.6. The Bertz CT molecular complexity index is 1100. The van der Waals surface area contributed by atoms with E-state index in [0.29, 0.717) is 28.0 Å². The molecule has 3 rings (SSSR count). The molecule has 0 aliphatic carbocycles. The first-order valence-corrected chi connectivity index (χ1v) is 9.06. The largest absolute Gasteiger partial charge is 0.548 e. The molecular formula is C22H20NO6-. The van der Waals surface area contributed by atoms with Gasteiger partial charge in [-0.05, 0) is 36.6 Å². The van der Waals surface area contributed by atoms with Crippen molar-refractivity contribution in [3.8, 4) is 5.75 Å². The fraction of sp³-hybridized carbons (Fsp3) is 0.227. The van der Waals surface area contributed by atoms with Crippen molar-refractivity contribution in [2.45, 2.75) is 25.8 Å². The molecule has 0 saturated carbocycles. The van der Waals surface area contributed by atoms with Gasteiger partial charge in [-0.3, -0.25) is 4.79 Å². The zero-order valence-corrected chi connectivity index (χ0v) is 16.1. The maximum atomic E-state index is 12.4. The van der Waals surface area contributed by atoms with Gasteiger partial charge in [-0.15, -0.1) is 0 Å². The number of rotatable bonds is 7. The molecule has 3 aromatic rings. The van der Waals surface area contributed by atoms with Crippen LogP contribution in [0, 0.1) is 6.92 Å². The highest BCUT2D eigenvalue weighted by Gasteiger charge is 2.17. The van der Waals surface area contributed by atoms with Crippen molar-refractivity contribution < 1.29 is 23.8 Å². The zero-order valence-electron chi connectivity index (χ0n) is 16.1. The van der Waals surface area contributed by atoms with E-state index in [4.69, 9.17) is 9.15 Å². The Morgan fingerprint density at radius 3 is 2.55 bits per heavy atom. The first-order valence-electron chi connectivity index (χ1n) is 9.06. The summed E-state index contributed by atoms with van der Waals surface area (Å²) >= 11 is 0. The van der Waals surface area contributed by atoms with Crippen LogP contribution >= 0.6 is 0 Å². The number of amides is 1. The van der Waals surface area contributed by atoms with Crippen molar-refractivity contribution >= 4 is 22.8 Å². The molecule has 1 atom stereocenters. The van der Waals surface area contributed by atoms with Gasteiger partial charge in [0, 0.05) is 23.4 Å². The quantitative estimate of drug-likeness (QED) is 0.611. The molecule has 0 unspecified atom stereocenters. The van der Waals surface area contributed by atoms with Crippen molar-refractivity contribution in [3.05, 3.63) is 75.6 Å². The lowest BCUT2D eigenvalue weighted by Crippen LogP contribution is -2.41. The molecule has 0 aliphatic rings. The van der Waals surface area contributed by atoms with Crippen LogP contribution in [0.4, 0.5) is 0 Å². The number of aliphatic carboxylic acids is 1. The van der Waals surface area contributed by atoms with Gasteiger partial charge < -0.3 is 24.4 Å². The third-order valence-corrected chi connectivity index (χ3v) is 4.77. The molecule has 2 aromatic carbocycles. The smallest absolute Gasteiger partial charge is 0.339 e. The average Bonchev–Trinajstić information content (AvgIpc) is 2.71. The third kappa shape index (κ3) is 4.45. The molecule has 0 bridgehead atoms. The molecule has 1 amide bonds. The summed E-state index contributed by atoms with van der Waals surface area (Å²) < 4.78 is 10.5. The summed E-state index contributed by atoms with van der Waals surface area (Å²) in [7, 11) is 1.52. The van der Waals surface area contributed by atoms with Gasteiger partial charge in [0.15, 0.2) is 0 Å². The molecule has 1 N–H and O–H groups in total. The van der Waals surface area contributed by atoms with Gasteiger partial charge in [-0.25, -0.2) is 4.79 Å². The van der Waals surface area contributed by atoms with Crippen LogP contribution < -0.4 is 20.8 Å². The van der Waals surface area contributed by atoms with E-state index in [1.807, 2.05) is 0 Å². The maximum absolute atomic E-state index is 12.4. The molecule has 7 heteroatoms. The fourth-order valence-electron chi connectivity index (χ4n) is 3.19. The Morgan fingerprint density at radius 1 is 1.17 bits per heavy atom. The Hall–Kier alpha value is -3.61. The van der Waals surface area contributed by atoms with Crippen LogP contribution in [0.2, 0.25) is 0 Å². The average molecular weight is 394 g/mol. The molecule has 7 nitrogen and oxygen atoms in total. The molecule has 0 fully saturated rings. The number of carbonyl (C=O) groups is 2. The second kappa shape index (κ2) is 8.60. The second-order valence-corrected chi connectivity index (χ2v) is 6.59. The number of carboxylic acids is 1. The Morgan fingerprint density at radius 2 is 1.90 bits per heavy atom. The number of hydrogen-bond donors (Lipinski definition) is 1. The number of ether oxygens (including phenoxy) is 1. The zero-order chi connectivity index (χ0) is 21.0. The molecule has 1 heterocycles. The predicted molar refractivity (Wildman–Crippen MR) is 104 cm³/mol. The Labute approximate surface area is 166 Å². The van der Waals surface area contributed by atoms with Crippen LogP contribution in [-0.2, 0) is 16.0 Å². The molecular weight excluding hydrogens is 374 g/mol. The Kier molecular flexibility index (Phi) is 5.97. The first-order chi connectivity index (χ1) is 13.9. The lowest BCUT2D eigenvalue weighted by atomic mass is 10.0. The van der Waals surface area contributed by atoms with Crippen molar-refractivity contribution in [1.82, 2.24) is 5.32 Å². The minimum absolute atomic E-state index is 0.0656. The fourth-order valence-corrected chi connectivity index (χ4v) is 3.19. The molecule has 0 saturated heterocycles. The second-order valence-electron chi connectivity index (χ2n) is 6.59. The summed E-state index contributed by atoms with van der Waals surface area (Å²) in [4.78, 5) is 36.1. The minimum atomic E-state index is -1.40. The highest BCUT2D eigenvalue weighted by Crippen LogP contribution is 2.24. The van der Waals surface area contributed by atoms with E-state index in [2.05, 4.69) is 5.32 Å². The summed E-state index contributed by atoms with van der Waals surface area (Å²) in [6, 6.07) is 12.2. The predicted octanol–water partition coefficient (Wildman–Crippen LogP) is 1.65. The van der Waals surface area contributed by atoms with Crippen LogP contribution in [0.1, 0.15) is 29.2 Å². The lowest BCUT2D eigenvalue weighted by Gasteiger charge is -2.20. The Balaban J connectivity index is 1.77. The topological polar surface area (TPSA) is 109 Å². The van der Waals surface area contributed by atoms with Crippen molar-refractivity contribution in [2.75, 3.05) is 7.11 Å². The van der Waals surface area contributed by atoms with E-state index in [9.17, 15) is 19.5 Å². The normalized spacial score (nSPS) is 11.8. The standard InChI is InChI=1S/C22H21NO6/c1-13-16-9-8-15(28-2)12-18(16)29-22(27)17(13)10-11-19(24)23-20(21(25)26)14-6-4-3-5-7-14/h3-9,12,20H,10-11H2,1-2H3,(H,23,24)(H,25,26)/p-1/t20-/m1/s1. The van der Waals surface area contributed by atoms with E-state index in [1.54, 1.807) is 55.5 Å². The van der Waals surface area contributed by atoms with Crippen LogP contribution in [0.3, 0.4) is 0 Å². The monoisotopic (exact) mass is 394 g/mol. The first kappa shape index (κ1) is 20.1. The van der Waals surface area contributed by atoms with E-state index >= 15 is 0 Å². The number of aryl methyl sites for hydroxylation is 1. The SMILES string of the molecule is COc1ccc2c(C)c(CCC(=O)N[C@@H](C(=O)[O-])c3ccccc3)c(=O)oc2c1. The number of fused-ring (bicyclic) bond motifs is 1. The van der Waals surface area contributed by atoms with Gasteiger partial charge >= 0.3 is 5.63 Å². The molecule has 29 heavy (non-hydrogen) atoms. The number of benzene rings is 2. The van der Waals surface area contributed by atoms with Crippen molar-refractivity contribution in [2.24, 2.45) is 0 Å². The van der Waals surface area contributed by atoms with Gasteiger partial charge in [0.05, 0.1) is 19.1 Å². The van der Waals surface area contributed by atoms with Gasteiger partial charge in [-0.2, -0.15) is 0 Å². The molecule has 0 spiro atoms. The van der Waals surface area contributed by atoms with E-state index in [0.717, 1.165) is 5.39 Å². The van der Waals surface area contributed by atoms with Crippen LogP contribution in [0.15, 0.2) is 57.7 Å². The lowest BCUT2D eigenvalue weighted by molar-refractivity contribution is -0.308. The molecule has 1 aromatic heterocycles. The maximum Gasteiger partial charge on any atom is 0.339 e. The van der Waals surface area contributed by atoms with E-state index < -0.39 is 23.5 Å². The summed E-state index contributed by atoms with van der Waals surface area (Å²) in [6.07, 6.45) is 0.0560. The highest BCUT2D eigenvalue weighted by atomic mass is 16.5. The van der Waals surface area contributed by atoms with E-state index in [1.165, 1.54) is 7.11 Å². The highest BCUT2D eigenvalue weighted by molar-refractivity contribution is 5.85. The number of carbonyl (C=O) groups excluding carboxylic acids is 2. The summed E-state index contributed by atoms with van der Waals surface area (Å²) in [6.45, 7) is 1.78. The summed E-state index contributed by atoms with van der Waals surface area (Å²) in [5.41, 5.74) is 1.38. The van der Waals surface area contributed by atoms with Crippen LogP contribution in [0.25, 0.3) is 11.0 Å². The number of nitrogens with one attached hydrogen (secondary N) is 1.